The van der Waals surface area contributed by atoms with Crippen LogP contribution in [-0.4, -0.2) is 53.7 Å². The summed E-state index contributed by atoms with van der Waals surface area (Å²) in [5.41, 5.74) is 1.09. The molecule has 0 aliphatic rings. The van der Waals surface area contributed by atoms with Crippen molar-refractivity contribution in [3.63, 3.8) is 0 Å². The Bertz CT molecular complexity index is 723. The lowest BCUT2D eigenvalue weighted by Gasteiger charge is -2.28. The quantitative estimate of drug-likeness (QED) is 0.780. The summed E-state index contributed by atoms with van der Waals surface area (Å²) in [4.78, 5) is 26.4. The van der Waals surface area contributed by atoms with Gasteiger partial charge in [0, 0.05) is 25.5 Å². The van der Waals surface area contributed by atoms with Crippen molar-refractivity contribution in [1.29, 1.82) is 0 Å². The third kappa shape index (κ3) is 5.42. The van der Waals surface area contributed by atoms with Gasteiger partial charge in [-0.25, -0.2) is 4.68 Å². The largest absolute Gasteiger partial charge is 0.347 e. The minimum absolute atomic E-state index is 0.133. The smallest absolute Gasteiger partial charge is 0.313 e. The number of carbonyl (C=O) groups is 2. The van der Waals surface area contributed by atoms with Gasteiger partial charge in [0.05, 0.1) is 11.4 Å². The van der Waals surface area contributed by atoms with Gasteiger partial charge in [0.15, 0.2) is 0 Å². The predicted molar refractivity (Wildman–Crippen MR) is 97.5 cm³/mol. The van der Waals surface area contributed by atoms with E-state index in [0.717, 1.165) is 6.54 Å². The van der Waals surface area contributed by atoms with Crippen LogP contribution in [0.4, 0.5) is 5.69 Å². The van der Waals surface area contributed by atoms with Gasteiger partial charge in [0.1, 0.15) is 0 Å². The zero-order valence-electron chi connectivity index (χ0n) is 15.1. The first-order valence-corrected chi connectivity index (χ1v) is 8.11. The Kier molecular flexibility index (Phi) is 5.93. The summed E-state index contributed by atoms with van der Waals surface area (Å²) in [6, 6.07) is 8.98. The second-order valence-electron chi connectivity index (χ2n) is 7.01. The van der Waals surface area contributed by atoms with Crippen LogP contribution in [0.15, 0.2) is 42.7 Å². The van der Waals surface area contributed by atoms with E-state index in [9.17, 15) is 9.59 Å². The predicted octanol–water partition coefficient (Wildman–Crippen LogP) is 1.51. The van der Waals surface area contributed by atoms with Gasteiger partial charge in [-0.1, -0.05) is 26.0 Å². The van der Waals surface area contributed by atoms with Crippen molar-refractivity contribution in [2.75, 3.05) is 32.5 Å². The molecule has 1 aromatic heterocycles. The molecule has 1 heterocycles. The van der Waals surface area contributed by atoms with Crippen LogP contribution in [0.1, 0.15) is 13.8 Å². The highest BCUT2D eigenvalue weighted by atomic mass is 16.2. The summed E-state index contributed by atoms with van der Waals surface area (Å²) in [7, 11) is 3.95. The zero-order valence-corrected chi connectivity index (χ0v) is 15.1. The van der Waals surface area contributed by atoms with E-state index < -0.39 is 11.8 Å². The Morgan fingerprint density at radius 3 is 2.52 bits per heavy atom. The van der Waals surface area contributed by atoms with Crippen molar-refractivity contribution in [2.24, 2.45) is 5.41 Å². The van der Waals surface area contributed by atoms with Crippen molar-refractivity contribution >= 4 is 17.5 Å². The van der Waals surface area contributed by atoms with Crippen LogP contribution >= 0.6 is 0 Å². The fraction of sp³-hybridized carbons (Fsp3) is 0.389. The SMILES string of the molecule is CN(C)CC(C)(C)CNC(=O)C(=O)Nc1ccccc1-n1cccn1. The first-order chi connectivity index (χ1) is 11.8. The lowest BCUT2D eigenvalue weighted by Crippen LogP contribution is -2.43. The van der Waals surface area contributed by atoms with E-state index in [1.54, 1.807) is 35.3 Å². The zero-order chi connectivity index (χ0) is 18.4. The van der Waals surface area contributed by atoms with Gasteiger partial charge in [0.25, 0.3) is 0 Å². The molecular weight excluding hydrogens is 318 g/mol. The Morgan fingerprint density at radius 2 is 1.88 bits per heavy atom. The summed E-state index contributed by atoms with van der Waals surface area (Å²) in [5.74, 6) is -1.35. The molecule has 0 saturated carbocycles. The molecule has 0 radical (unpaired) electrons. The molecule has 2 N–H and O–H groups in total. The second kappa shape index (κ2) is 7.94. The number of aromatic nitrogens is 2. The molecule has 2 aromatic rings. The molecule has 7 nitrogen and oxygen atoms in total. The van der Waals surface area contributed by atoms with Gasteiger partial charge in [-0.15, -0.1) is 0 Å². The van der Waals surface area contributed by atoms with Gasteiger partial charge in [-0.3, -0.25) is 9.59 Å². The standard InChI is InChI=1S/C18H25N5O2/c1-18(2,13-22(3)4)12-19-16(24)17(25)21-14-8-5-6-9-15(14)23-11-7-10-20-23/h5-11H,12-13H2,1-4H3,(H,19,24)(H,21,25). The first kappa shape index (κ1) is 18.7. The van der Waals surface area contributed by atoms with Gasteiger partial charge in [-0.2, -0.15) is 5.10 Å². The highest BCUT2D eigenvalue weighted by molar-refractivity contribution is 6.39. The molecule has 0 saturated heterocycles. The first-order valence-electron chi connectivity index (χ1n) is 8.11. The van der Waals surface area contributed by atoms with Crippen LogP contribution in [0.25, 0.3) is 5.69 Å². The third-order valence-corrected chi connectivity index (χ3v) is 3.58. The third-order valence-electron chi connectivity index (χ3n) is 3.58. The molecule has 0 aliphatic carbocycles. The van der Waals surface area contributed by atoms with Crippen LogP contribution in [-0.2, 0) is 9.59 Å². The van der Waals surface area contributed by atoms with E-state index in [0.29, 0.717) is 17.9 Å². The van der Waals surface area contributed by atoms with Crippen molar-refractivity contribution in [2.45, 2.75) is 13.8 Å². The number of amides is 2. The highest BCUT2D eigenvalue weighted by Gasteiger charge is 2.22. The summed E-state index contributed by atoms with van der Waals surface area (Å²) >= 11 is 0. The number of anilines is 1. The fourth-order valence-corrected chi connectivity index (χ4v) is 2.68. The van der Waals surface area contributed by atoms with Crippen LogP contribution in [0, 0.1) is 5.41 Å². The Morgan fingerprint density at radius 1 is 1.16 bits per heavy atom. The molecule has 0 aliphatic heterocycles. The van der Waals surface area contributed by atoms with Crippen LogP contribution in [0.3, 0.4) is 0 Å². The highest BCUT2D eigenvalue weighted by Crippen LogP contribution is 2.19. The molecule has 2 rings (SSSR count). The number of hydrogen-bond acceptors (Lipinski definition) is 4. The molecule has 7 heteroatoms. The molecule has 0 fully saturated rings. The van der Waals surface area contributed by atoms with E-state index >= 15 is 0 Å². The maximum absolute atomic E-state index is 12.2. The number of nitrogens with zero attached hydrogens (tertiary/aromatic N) is 3. The van der Waals surface area contributed by atoms with Crippen molar-refractivity contribution in [3.8, 4) is 5.69 Å². The minimum atomic E-state index is -0.694. The average molecular weight is 343 g/mol. The Balaban J connectivity index is 2.00. The molecule has 134 valence electrons. The van der Waals surface area contributed by atoms with Gasteiger partial charge in [0.2, 0.25) is 0 Å². The topological polar surface area (TPSA) is 79.3 Å². The van der Waals surface area contributed by atoms with Gasteiger partial charge >= 0.3 is 11.8 Å². The minimum Gasteiger partial charge on any atom is -0.347 e. The number of carbonyl (C=O) groups excluding carboxylic acids is 2. The molecule has 25 heavy (non-hydrogen) atoms. The molecular formula is C18H25N5O2. The summed E-state index contributed by atoms with van der Waals surface area (Å²) in [6.45, 7) is 5.30. The van der Waals surface area contributed by atoms with Crippen molar-refractivity contribution < 1.29 is 9.59 Å². The van der Waals surface area contributed by atoms with Crippen LogP contribution in [0.5, 0.6) is 0 Å². The molecule has 0 spiro atoms. The van der Waals surface area contributed by atoms with Crippen LogP contribution in [0.2, 0.25) is 0 Å². The molecule has 0 atom stereocenters. The fourth-order valence-electron chi connectivity index (χ4n) is 2.68. The lowest BCUT2D eigenvalue weighted by atomic mass is 9.93. The molecule has 2 amide bonds. The summed E-state index contributed by atoms with van der Waals surface area (Å²) in [6.07, 6.45) is 3.42. The maximum atomic E-state index is 12.2. The van der Waals surface area contributed by atoms with Crippen LogP contribution < -0.4 is 10.6 Å². The maximum Gasteiger partial charge on any atom is 0.313 e. The molecule has 0 unspecified atom stereocenters. The summed E-state index contributed by atoms with van der Waals surface area (Å²) in [5, 5.41) is 9.51. The van der Waals surface area contributed by atoms with Crippen molar-refractivity contribution in [1.82, 2.24) is 20.0 Å². The van der Waals surface area contributed by atoms with Gasteiger partial charge < -0.3 is 15.5 Å². The summed E-state index contributed by atoms with van der Waals surface area (Å²) < 4.78 is 1.63. The van der Waals surface area contributed by atoms with E-state index in [-0.39, 0.29) is 5.41 Å². The number of benzene rings is 1. The van der Waals surface area contributed by atoms with E-state index in [2.05, 4.69) is 15.7 Å². The van der Waals surface area contributed by atoms with Gasteiger partial charge in [-0.05, 0) is 37.7 Å². The number of para-hydroxylation sites is 2. The normalized spacial score (nSPS) is 11.4. The number of nitrogens with one attached hydrogen (secondary N) is 2. The second-order valence-corrected chi connectivity index (χ2v) is 7.01. The Hall–Kier alpha value is -2.67. The van der Waals surface area contributed by atoms with Crippen molar-refractivity contribution in [3.05, 3.63) is 42.7 Å². The average Bonchev–Trinajstić information content (AvgIpc) is 3.06. The number of hydrogen-bond donors (Lipinski definition) is 2. The molecule has 0 bridgehead atoms. The Labute approximate surface area is 148 Å². The van der Waals surface area contributed by atoms with E-state index in [1.165, 1.54) is 0 Å². The lowest BCUT2D eigenvalue weighted by molar-refractivity contribution is -0.136. The number of rotatable bonds is 6. The molecule has 1 aromatic carbocycles. The van der Waals surface area contributed by atoms with E-state index in [4.69, 9.17) is 0 Å². The van der Waals surface area contributed by atoms with E-state index in [1.807, 2.05) is 45.0 Å². The monoisotopic (exact) mass is 343 g/mol.